The van der Waals surface area contributed by atoms with Crippen LogP contribution in [0.4, 0.5) is 0 Å². The molecule has 0 unspecified atom stereocenters. The van der Waals surface area contributed by atoms with Crippen molar-refractivity contribution in [2.75, 3.05) is 20.1 Å². The van der Waals surface area contributed by atoms with Crippen molar-refractivity contribution < 1.29 is 4.79 Å². The van der Waals surface area contributed by atoms with E-state index in [1.807, 2.05) is 4.90 Å². The Morgan fingerprint density at radius 2 is 2.00 bits per heavy atom. The minimum Gasteiger partial charge on any atom is -0.366 e. The van der Waals surface area contributed by atoms with Crippen molar-refractivity contribution in [3.8, 4) is 0 Å². The summed E-state index contributed by atoms with van der Waals surface area (Å²) in [5.74, 6) is 0.166. The fourth-order valence-corrected chi connectivity index (χ4v) is 1.76. The van der Waals surface area contributed by atoms with Crippen LogP contribution in [0.15, 0.2) is 0 Å². The summed E-state index contributed by atoms with van der Waals surface area (Å²) in [6.45, 7) is 3.28. The van der Waals surface area contributed by atoms with Crippen LogP contribution in [-0.2, 0) is 4.79 Å². The molecule has 0 atom stereocenters. The van der Waals surface area contributed by atoms with Crippen molar-refractivity contribution in [2.24, 2.45) is 0 Å². The third-order valence-corrected chi connectivity index (χ3v) is 2.82. The average Bonchev–Trinajstić information content (AvgIpc) is 2.18. The van der Waals surface area contributed by atoms with E-state index in [4.69, 9.17) is 12.2 Å². The number of carbonyl (C=O) groups is 1. The molecule has 14 heavy (non-hydrogen) atoms. The molecular formula is C9H17N3OS. The van der Waals surface area contributed by atoms with Gasteiger partial charge in [-0.3, -0.25) is 4.79 Å². The fraction of sp³-hybridized carbons (Fsp3) is 0.778. The number of rotatable bonds is 1. The highest BCUT2D eigenvalue weighted by Crippen LogP contribution is 2.09. The molecule has 4 nitrogen and oxygen atoms in total. The Kier molecular flexibility index (Phi) is 4.13. The summed E-state index contributed by atoms with van der Waals surface area (Å²) >= 11 is 5.01. The standard InChI is InChI=1S/C9H17N3OS/c1-7(13)12-5-3-8(4-6-12)11-9(14)10-2/h8H,3-6H2,1-2H3,(H2,10,11,14). The van der Waals surface area contributed by atoms with E-state index in [0.717, 1.165) is 25.9 Å². The largest absolute Gasteiger partial charge is 0.366 e. The van der Waals surface area contributed by atoms with Crippen LogP contribution >= 0.6 is 12.2 Å². The molecule has 1 aliphatic heterocycles. The highest BCUT2D eigenvalue weighted by molar-refractivity contribution is 7.80. The van der Waals surface area contributed by atoms with E-state index in [9.17, 15) is 4.79 Å². The predicted molar refractivity (Wildman–Crippen MR) is 60.1 cm³/mol. The van der Waals surface area contributed by atoms with Crippen LogP contribution < -0.4 is 10.6 Å². The predicted octanol–water partition coefficient (Wildman–Crippen LogP) is 0.0912. The van der Waals surface area contributed by atoms with E-state index in [1.54, 1.807) is 14.0 Å². The number of nitrogens with one attached hydrogen (secondary N) is 2. The van der Waals surface area contributed by atoms with Gasteiger partial charge in [0, 0.05) is 33.1 Å². The van der Waals surface area contributed by atoms with E-state index in [2.05, 4.69) is 10.6 Å². The van der Waals surface area contributed by atoms with E-state index < -0.39 is 0 Å². The average molecular weight is 215 g/mol. The molecule has 1 fully saturated rings. The second kappa shape index (κ2) is 5.14. The maximum absolute atomic E-state index is 11.1. The summed E-state index contributed by atoms with van der Waals surface area (Å²) in [5.41, 5.74) is 0. The summed E-state index contributed by atoms with van der Waals surface area (Å²) in [6.07, 6.45) is 1.95. The maximum Gasteiger partial charge on any atom is 0.219 e. The minimum absolute atomic E-state index is 0.166. The molecule has 0 aromatic carbocycles. The van der Waals surface area contributed by atoms with Crippen molar-refractivity contribution >= 4 is 23.2 Å². The highest BCUT2D eigenvalue weighted by Gasteiger charge is 2.20. The fourth-order valence-electron chi connectivity index (χ4n) is 1.60. The van der Waals surface area contributed by atoms with Crippen LogP contribution in [0, 0.1) is 0 Å². The molecular weight excluding hydrogens is 198 g/mol. The first-order valence-electron chi connectivity index (χ1n) is 4.87. The lowest BCUT2D eigenvalue weighted by atomic mass is 10.1. The highest BCUT2D eigenvalue weighted by atomic mass is 32.1. The van der Waals surface area contributed by atoms with Gasteiger partial charge in [-0.25, -0.2) is 0 Å². The van der Waals surface area contributed by atoms with Crippen LogP contribution in [0.1, 0.15) is 19.8 Å². The lowest BCUT2D eigenvalue weighted by Gasteiger charge is -2.32. The van der Waals surface area contributed by atoms with Crippen molar-refractivity contribution in [3.63, 3.8) is 0 Å². The zero-order chi connectivity index (χ0) is 10.6. The SMILES string of the molecule is CNC(=S)NC1CCN(C(C)=O)CC1. The summed E-state index contributed by atoms with van der Waals surface area (Å²) in [6, 6.07) is 0.408. The molecule has 5 heteroatoms. The summed E-state index contributed by atoms with van der Waals surface area (Å²) in [5, 5.41) is 6.78. The van der Waals surface area contributed by atoms with Gasteiger partial charge in [-0.2, -0.15) is 0 Å². The molecule has 0 aromatic heterocycles. The Morgan fingerprint density at radius 3 is 2.43 bits per heavy atom. The van der Waals surface area contributed by atoms with Gasteiger partial charge in [0.25, 0.3) is 0 Å². The number of hydrogen-bond donors (Lipinski definition) is 2. The first kappa shape index (κ1) is 11.2. The number of carbonyl (C=O) groups excluding carboxylic acids is 1. The van der Waals surface area contributed by atoms with Gasteiger partial charge in [0.05, 0.1) is 0 Å². The Hall–Kier alpha value is -0.840. The lowest BCUT2D eigenvalue weighted by Crippen LogP contribution is -2.48. The molecule has 80 valence electrons. The third-order valence-electron chi connectivity index (χ3n) is 2.50. The van der Waals surface area contributed by atoms with Gasteiger partial charge in [0.15, 0.2) is 5.11 Å². The molecule has 2 N–H and O–H groups in total. The molecule has 0 spiro atoms. The van der Waals surface area contributed by atoms with Gasteiger partial charge in [0.1, 0.15) is 0 Å². The summed E-state index contributed by atoms with van der Waals surface area (Å²) < 4.78 is 0. The van der Waals surface area contributed by atoms with Crippen molar-refractivity contribution in [1.82, 2.24) is 15.5 Å². The molecule has 1 rings (SSSR count). The number of piperidine rings is 1. The Morgan fingerprint density at radius 1 is 1.43 bits per heavy atom. The van der Waals surface area contributed by atoms with Crippen LogP contribution in [0.25, 0.3) is 0 Å². The molecule has 0 saturated carbocycles. The van der Waals surface area contributed by atoms with Crippen LogP contribution in [-0.4, -0.2) is 42.1 Å². The molecule has 1 aliphatic rings. The molecule has 0 bridgehead atoms. The van der Waals surface area contributed by atoms with Gasteiger partial charge in [0.2, 0.25) is 5.91 Å². The van der Waals surface area contributed by atoms with Crippen LogP contribution in [0.2, 0.25) is 0 Å². The van der Waals surface area contributed by atoms with Gasteiger partial charge in [-0.15, -0.1) is 0 Å². The van der Waals surface area contributed by atoms with Gasteiger partial charge < -0.3 is 15.5 Å². The van der Waals surface area contributed by atoms with Crippen molar-refractivity contribution in [2.45, 2.75) is 25.8 Å². The van der Waals surface area contributed by atoms with Crippen molar-refractivity contribution in [1.29, 1.82) is 0 Å². The number of hydrogen-bond acceptors (Lipinski definition) is 2. The zero-order valence-electron chi connectivity index (χ0n) is 8.67. The Balaban J connectivity index is 2.29. The third kappa shape index (κ3) is 3.14. The van der Waals surface area contributed by atoms with E-state index in [-0.39, 0.29) is 5.91 Å². The first-order valence-corrected chi connectivity index (χ1v) is 5.28. The summed E-state index contributed by atoms with van der Waals surface area (Å²) in [7, 11) is 1.81. The first-order chi connectivity index (χ1) is 6.63. The molecule has 0 aliphatic carbocycles. The Bertz CT molecular complexity index is 224. The molecule has 0 radical (unpaired) electrons. The molecule has 1 saturated heterocycles. The summed E-state index contributed by atoms with van der Waals surface area (Å²) in [4.78, 5) is 12.9. The smallest absolute Gasteiger partial charge is 0.219 e. The molecule has 1 heterocycles. The minimum atomic E-state index is 0.166. The number of nitrogens with zero attached hydrogens (tertiary/aromatic N) is 1. The van der Waals surface area contributed by atoms with Crippen LogP contribution in [0.5, 0.6) is 0 Å². The van der Waals surface area contributed by atoms with Gasteiger partial charge in [-0.05, 0) is 25.1 Å². The van der Waals surface area contributed by atoms with Gasteiger partial charge in [-0.1, -0.05) is 0 Å². The monoisotopic (exact) mass is 215 g/mol. The van der Waals surface area contributed by atoms with Crippen molar-refractivity contribution in [3.05, 3.63) is 0 Å². The topological polar surface area (TPSA) is 44.4 Å². The number of thiocarbonyl (C=S) groups is 1. The Labute approximate surface area is 90.0 Å². The van der Waals surface area contributed by atoms with Crippen LogP contribution in [0.3, 0.4) is 0 Å². The quantitative estimate of drug-likeness (QED) is 0.609. The molecule has 0 aromatic rings. The maximum atomic E-state index is 11.1. The van der Waals surface area contributed by atoms with E-state index in [1.165, 1.54) is 0 Å². The second-order valence-electron chi connectivity index (χ2n) is 3.50. The van der Waals surface area contributed by atoms with Gasteiger partial charge >= 0.3 is 0 Å². The zero-order valence-corrected chi connectivity index (χ0v) is 9.49. The second-order valence-corrected chi connectivity index (χ2v) is 3.91. The molecule has 1 amide bonds. The van der Waals surface area contributed by atoms with E-state index >= 15 is 0 Å². The normalized spacial score (nSPS) is 17.7. The number of likely N-dealkylation sites (tertiary alicyclic amines) is 1. The lowest BCUT2D eigenvalue weighted by molar-refractivity contribution is -0.129. The van der Waals surface area contributed by atoms with E-state index in [0.29, 0.717) is 11.2 Å². The number of amides is 1.